The van der Waals surface area contributed by atoms with Crippen molar-refractivity contribution in [3.05, 3.63) is 30.3 Å². The van der Waals surface area contributed by atoms with Crippen LogP contribution in [0.4, 0.5) is 5.69 Å². The third-order valence-corrected chi connectivity index (χ3v) is 6.03. The molecule has 2 fully saturated rings. The lowest BCUT2D eigenvalue weighted by Crippen LogP contribution is -2.37. The second kappa shape index (κ2) is 7.05. The Morgan fingerprint density at radius 3 is 2.50 bits per heavy atom. The molecule has 0 spiro atoms. The molecule has 4 heteroatoms. The first kappa shape index (κ1) is 18.9. The van der Waals surface area contributed by atoms with Gasteiger partial charge in [0, 0.05) is 38.2 Å². The maximum atomic E-state index is 12.8. The lowest BCUT2D eigenvalue weighted by atomic mass is 9.65. The number of likely N-dealkylation sites (tertiary alicyclic amines) is 1. The fourth-order valence-electron chi connectivity index (χ4n) is 5.25. The molecule has 1 saturated heterocycles. The summed E-state index contributed by atoms with van der Waals surface area (Å²) in [6.07, 6.45) is 4.94. The number of carbonyl (C=O) groups excluding carboxylic acids is 2. The molecule has 2 bridgehead atoms. The summed E-state index contributed by atoms with van der Waals surface area (Å²) in [5, 5.41) is 0. The van der Waals surface area contributed by atoms with Crippen molar-refractivity contribution in [3.8, 4) is 0 Å². The molecule has 2 unspecified atom stereocenters. The molecule has 2 aliphatic rings. The van der Waals surface area contributed by atoms with E-state index in [-0.39, 0.29) is 17.2 Å². The molecular formula is C22H32N2O2. The second-order valence-electron chi connectivity index (χ2n) is 9.38. The number of hydrogen-bond donors (Lipinski definition) is 0. The number of para-hydroxylation sites is 1. The third kappa shape index (κ3) is 4.11. The van der Waals surface area contributed by atoms with E-state index in [2.05, 4.69) is 25.7 Å². The Balaban J connectivity index is 1.50. The average molecular weight is 357 g/mol. The Morgan fingerprint density at radius 1 is 1.12 bits per heavy atom. The van der Waals surface area contributed by atoms with Crippen LogP contribution in [0.25, 0.3) is 0 Å². The van der Waals surface area contributed by atoms with Gasteiger partial charge in [0.1, 0.15) is 0 Å². The zero-order chi connectivity index (χ0) is 18.9. The smallest absolute Gasteiger partial charge is 0.226 e. The van der Waals surface area contributed by atoms with Crippen LogP contribution < -0.4 is 4.90 Å². The SMILES string of the molecule is CN(C(=O)CCCC(=O)N1CC2(C)CC1CC(C)(C)C2)c1ccccc1. The van der Waals surface area contributed by atoms with Crippen molar-refractivity contribution >= 4 is 17.5 Å². The summed E-state index contributed by atoms with van der Waals surface area (Å²) in [7, 11) is 1.80. The summed E-state index contributed by atoms with van der Waals surface area (Å²) in [4.78, 5) is 28.9. The van der Waals surface area contributed by atoms with Gasteiger partial charge in [-0.05, 0) is 48.6 Å². The van der Waals surface area contributed by atoms with Crippen LogP contribution in [-0.4, -0.2) is 36.3 Å². The van der Waals surface area contributed by atoms with Gasteiger partial charge in [-0.2, -0.15) is 0 Å². The number of benzene rings is 1. The standard InChI is InChI=1S/C22H32N2O2/c1-21(2)13-18-14-22(3,15-21)16-24(18)20(26)12-8-11-19(25)23(4)17-9-6-5-7-10-17/h5-7,9-10,18H,8,11-16H2,1-4H3. The van der Waals surface area contributed by atoms with E-state index < -0.39 is 0 Å². The second-order valence-corrected chi connectivity index (χ2v) is 9.38. The summed E-state index contributed by atoms with van der Waals surface area (Å²) in [5.74, 6) is 0.295. The van der Waals surface area contributed by atoms with Crippen molar-refractivity contribution < 1.29 is 9.59 Å². The van der Waals surface area contributed by atoms with Gasteiger partial charge in [0.2, 0.25) is 11.8 Å². The molecule has 2 atom stereocenters. The van der Waals surface area contributed by atoms with Gasteiger partial charge in [-0.3, -0.25) is 9.59 Å². The molecule has 1 aliphatic carbocycles. The van der Waals surface area contributed by atoms with Gasteiger partial charge >= 0.3 is 0 Å². The molecular weight excluding hydrogens is 324 g/mol. The van der Waals surface area contributed by atoms with Crippen LogP contribution in [0.3, 0.4) is 0 Å². The predicted octanol–water partition coefficient (Wildman–Crippen LogP) is 4.25. The lowest BCUT2D eigenvalue weighted by molar-refractivity contribution is -0.132. The molecule has 1 heterocycles. The van der Waals surface area contributed by atoms with E-state index in [1.165, 1.54) is 6.42 Å². The van der Waals surface area contributed by atoms with Crippen molar-refractivity contribution in [2.24, 2.45) is 10.8 Å². The summed E-state index contributed by atoms with van der Waals surface area (Å²) < 4.78 is 0. The number of fused-ring (bicyclic) bond motifs is 2. The highest BCUT2D eigenvalue weighted by Crippen LogP contribution is 2.52. The Morgan fingerprint density at radius 2 is 1.81 bits per heavy atom. The zero-order valence-electron chi connectivity index (χ0n) is 16.6. The van der Waals surface area contributed by atoms with Crippen LogP contribution in [0, 0.1) is 10.8 Å². The maximum absolute atomic E-state index is 12.8. The molecule has 0 aromatic heterocycles. The van der Waals surface area contributed by atoms with Gasteiger partial charge in [-0.25, -0.2) is 0 Å². The number of carbonyl (C=O) groups is 2. The molecule has 0 N–H and O–H groups in total. The van der Waals surface area contributed by atoms with E-state index in [1.54, 1.807) is 11.9 Å². The molecule has 142 valence electrons. The Hall–Kier alpha value is -1.84. The third-order valence-electron chi connectivity index (χ3n) is 6.03. The van der Waals surface area contributed by atoms with Gasteiger partial charge < -0.3 is 9.80 Å². The van der Waals surface area contributed by atoms with Gasteiger partial charge in [-0.15, -0.1) is 0 Å². The first-order chi connectivity index (χ1) is 12.2. The summed E-state index contributed by atoms with van der Waals surface area (Å²) in [6, 6.07) is 10.0. The summed E-state index contributed by atoms with van der Waals surface area (Å²) in [5.41, 5.74) is 1.49. The fraction of sp³-hybridized carbons (Fsp3) is 0.636. The molecule has 0 radical (unpaired) electrons. The minimum absolute atomic E-state index is 0.0669. The number of anilines is 1. The minimum Gasteiger partial charge on any atom is -0.339 e. The van der Waals surface area contributed by atoms with Crippen molar-refractivity contribution in [1.82, 2.24) is 4.90 Å². The van der Waals surface area contributed by atoms with E-state index in [1.807, 2.05) is 30.3 Å². The van der Waals surface area contributed by atoms with E-state index in [0.717, 1.165) is 25.1 Å². The minimum atomic E-state index is 0.0669. The highest BCUT2D eigenvalue weighted by molar-refractivity contribution is 5.93. The van der Waals surface area contributed by atoms with Crippen LogP contribution >= 0.6 is 0 Å². The molecule has 3 rings (SSSR count). The van der Waals surface area contributed by atoms with Crippen molar-refractivity contribution in [2.45, 2.75) is 65.3 Å². The fourth-order valence-corrected chi connectivity index (χ4v) is 5.25. The average Bonchev–Trinajstić information content (AvgIpc) is 2.83. The molecule has 1 aromatic rings. The van der Waals surface area contributed by atoms with E-state index in [0.29, 0.717) is 30.7 Å². The number of nitrogens with zero attached hydrogens (tertiary/aromatic N) is 2. The summed E-state index contributed by atoms with van der Waals surface area (Å²) in [6.45, 7) is 7.86. The largest absolute Gasteiger partial charge is 0.339 e. The first-order valence-corrected chi connectivity index (χ1v) is 9.80. The van der Waals surface area contributed by atoms with E-state index in [9.17, 15) is 9.59 Å². The number of rotatable bonds is 5. The summed E-state index contributed by atoms with van der Waals surface area (Å²) >= 11 is 0. The highest BCUT2D eigenvalue weighted by atomic mass is 16.2. The monoisotopic (exact) mass is 356 g/mol. The van der Waals surface area contributed by atoms with Crippen molar-refractivity contribution in [2.75, 3.05) is 18.5 Å². The van der Waals surface area contributed by atoms with Gasteiger partial charge in [0.15, 0.2) is 0 Å². The molecule has 1 saturated carbocycles. The van der Waals surface area contributed by atoms with Crippen LogP contribution in [0.15, 0.2) is 30.3 Å². The quantitative estimate of drug-likeness (QED) is 0.791. The Bertz CT molecular complexity index is 670. The van der Waals surface area contributed by atoms with Gasteiger partial charge in [0.25, 0.3) is 0 Å². The molecule has 1 aromatic carbocycles. The molecule has 1 aliphatic heterocycles. The molecule has 2 amide bonds. The van der Waals surface area contributed by atoms with Crippen LogP contribution in [0.5, 0.6) is 0 Å². The van der Waals surface area contributed by atoms with Crippen molar-refractivity contribution in [1.29, 1.82) is 0 Å². The maximum Gasteiger partial charge on any atom is 0.226 e. The topological polar surface area (TPSA) is 40.6 Å². The molecule has 4 nitrogen and oxygen atoms in total. The van der Waals surface area contributed by atoms with Crippen LogP contribution in [-0.2, 0) is 9.59 Å². The highest BCUT2D eigenvalue weighted by Gasteiger charge is 2.50. The van der Waals surface area contributed by atoms with Crippen LogP contribution in [0.2, 0.25) is 0 Å². The Labute approximate surface area is 157 Å². The first-order valence-electron chi connectivity index (χ1n) is 9.80. The van der Waals surface area contributed by atoms with Gasteiger partial charge in [-0.1, -0.05) is 39.0 Å². The van der Waals surface area contributed by atoms with Crippen LogP contribution in [0.1, 0.15) is 59.3 Å². The Kier molecular flexibility index (Phi) is 5.14. The van der Waals surface area contributed by atoms with Gasteiger partial charge in [0.05, 0.1) is 0 Å². The number of hydrogen-bond acceptors (Lipinski definition) is 2. The molecule has 26 heavy (non-hydrogen) atoms. The van der Waals surface area contributed by atoms with E-state index >= 15 is 0 Å². The normalized spacial score (nSPS) is 26.6. The predicted molar refractivity (Wildman–Crippen MR) is 105 cm³/mol. The van der Waals surface area contributed by atoms with E-state index in [4.69, 9.17) is 0 Å². The lowest BCUT2D eigenvalue weighted by Gasteiger charge is -2.39. The number of amides is 2. The van der Waals surface area contributed by atoms with Crippen molar-refractivity contribution in [3.63, 3.8) is 0 Å². The zero-order valence-corrected chi connectivity index (χ0v) is 16.6.